The zero-order valence-corrected chi connectivity index (χ0v) is 14.1. The molecule has 1 N–H and O–H groups in total. The molecule has 9 nitrogen and oxygen atoms in total. The SMILES string of the molecule is C=CC(=O)NCC(=O)OCCOC1C2OC(CC2C)C1O[SH](=O)=O. The monoisotopic (exact) mass is 363 g/mol. The van der Waals surface area contributed by atoms with Crippen LogP contribution in [0.1, 0.15) is 13.3 Å². The number of carbonyl (C=O) groups excluding carboxylic acids is 2. The van der Waals surface area contributed by atoms with Crippen molar-refractivity contribution in [1.29, 1.82) is 0 Å². The van der Waals surface area contributed by atoms with Crippen molar-refractivity contribution in [2.45, 2.75) is 37.8 Å². The number of fused-ring (bicyclic) bond motifs is 2. The van der Waals surface area contributed by atoms with Crippen molar-refractivity contribution < 1.29 is 36.4 Å². The van der Waals surface area contributed by atoms with E-state index in [2.05, 4.69) is 11.9 Å². The standard InChI is InChI=1S/C14H21NO8S/c1-3-10(16)15-7-11(17)20-4-5-21-14-12-8(2)6-9(22-12)13(14)23-24(18)19/h3,8-9,12-14,24H,1,4-7H2,2H3,(H,15,16). The molecule has 2 rings (SSSR count). The highest BCUT2D eigenvalue weighted by Crippen LogP contribution is 2.41. The van der Waals surface area contributed by atoms with E-state index in [9.17, 15) is 18.0 Å². The van der Waals surface area contributed by atoms with Crippen molar-refractivity contribution in [2.75, 3.05) is 19.8 Å². The molecule has 0 saturated carbocycles. The van der Waals surface area contributed by atoms with Gasteiger partial charge in [0, 0.05) is 0 Å². The second-order valence-electron chi connectivity index (χ2n) is 5.62. The van der Waals surface area contributed by atoms with E-state index in [1.54, 1.807) is 0 Å². The molecule has 136 valence electrons. The van der Waals surface area contributed by atoms with Crippen LogP contribution in [0.15, 0.2) is 12.7 Å². The third kappa shape index (κ3) is 4.76. The van der Waals surface area contributed by atoms with Gasteiger partial charge in [-0.2, -0.15) is 0 Å². The zero-order valence-electron chi connectivity index (χ0n) is 13.2. The van der Waals surface area contributed by atoms with Crippen LogP contribution in [0.4, 0.5) is 0 Å². The van der Waals surface area contributed by atoms with Gasteiger partial charge in [-0.1, -0.05) is 13.5 Å². The topological polar surface area (TPSA) is 117 Å². The molecule has 0 radical (unpaired) electrons. The maximum atomic E-state index is 11.4. The fourth-order valence-corrected chi connectivity index (χ4v) is 3.40. The van der Waals surface area contributed by atoms with Gasteiger partial charge in [-0.3, -0.25) is 13.8 Å². The smallest absolute Gasteiger partial charge is 0.325 e. The molecule has 24 heavy (non-hydrogen) atoms. The van der Waals surface area contributed by atoms with Crippen molar-refractivity contribution in [1.82, 2.24) is 5.32 Å². The van der Waals surface area contributed by atoms with Gasteiger partial charge in [0.05, 0.1) is 18.8 Å². The van der Waals surface area contributed by atoms with E-state index in [0.717, 1.165) is 12.5 Å². The predicted octanol–water partition coefficient (Wildman–Crippen LogP) is -1.06. The van der Waals surface area contributed by atoms with Crippen LogP contribution in [0.25, 0.3) is 0 Å². The summed E-state index contributed by atoms with van der Waals surface area (Å²) in [5, 5.41) is 2.29. The molecule has 2 fully saturated rings. The summed E-state index contributed by atoms with van der Waals surface area (Å²) in [5.74, 6) is -0.842. The van der Waals surface area contributed by atoms with Gasteiger partial charge in [-0.05, 0) is 18.4 Å². The third-order valence-electron chi connectivity index (χ3n) is 3.97. The molecule has 5 unspecified atom stereocenters. The molecule has 10 heteroatoms. The van der Waals surface area contributed by atoms with Crippen molar-refractivity contribution in [3.63, 3.8) is 0 Å². The van der Waals surface area contributed by atoms with Crippen LogP contribution in [0, 0.1) is 5.92 Å². The summed E-state index contributed by atoms with van der Waals surface area (Å²) in [6.45, 7) is 5.04. The van der Waals surface area contributed by atoms with Gasteiger partial charge in [-0.25, -0.2) is 8.42 Å². The van der Waals surface area contributed by atoms with Gasteiger partial charge in [0.15, 0.2) is 0 Å². The van der Waals surface area contributed by atoms with Crippen LogP contribution < -0.4 is 5.32 Å². The van der Waals surface area contributed by atoms with Gasteiger partial charge in [-0.15, -0.1) is 0 Å². The van der Waals surface area contributed by atoms with Crippen LogP contribution in [0.3, 0.4) is 0 Å². The average Bonchev–Trinajstić information content (AvgIpc) is 3.06. The lowest BCUT2D eigenvalue weighted by Crippen LogP contribution is -2.44. The van der Waals surface area contributed by atoms with Crippen LogP contribution >= 0.6 is 0 Å². The second-order valence-corrected chi connectivity index (χ2v) is 6.28. The molecule has 0 aromatic carbocycles. The number of carbonyl (C=O) groups is 2. The van der Waals surface area contributed by atoms with E-state index in [1.165, 1.54) is 0 Å². The Morgan fingerprint density at radius 1 is 1.33 bits per heavy atom. The molecule has 1 amide bonds. The fraction of sp³-hybridized carbons (Fsp3) is 0.714. The van der Waals surface area contributed by atoms with Crippen molar-refractivity contribution in [2.24, 2.45) is 5.92 Å². The maximum absolute atomic E-state index is 11.4. The van der Waals surface area contributed by atoms with E-state index in [4.69, 9.17) is 18.4 Å². The van der Waals surface area contributed by atoms with Crippen LogP contribution in [0.2, 0.25) is 0 Å². The molecule has 0 aliphatic carbocycles. The van der Waals surface area contributed by atoms with Gasteiger partial charge in [0.25, 0.3) is 11.0 Å². The minimum atomic E-state index is -3.00. The molecule has 0 spiro atoms. The van der Waals surface area contributed by atoms with Gasteiger partial charge < -0.3 is 19.5 Å². The quantitative estimate of drug-likeness (QED) is 0.230. The molecule has 2 aliphatic heterocycles. The number of thiol groups is 1. The molecule has 5 atom stereocenters. The summed E-state index contributed by atoms with van der Waals surface area (Å²) in [6, 6.07) is 0. The Balaban J connectivity index is 1.73. The number of ether oxygens (including phenoxy) is 3. The van der Waals surface area contributed by atoms with Crippen molar-refractivity contribution in [3.05, 3.63) is 12.7 Å². The minimum absolute atomic E-state index is 0.0265. The lowest BCUT2D eigenvalue weighted by atomic mass is 9.86. The number of nitrogens with one attached hydrogen (secondary N) is 1. The van der Waals surface area contributed by atoms with Gasteiger partial charge in [0.2, 0.25) is 5.91 Å². The predicted molar refractivity (Wildman–Crippen MR) is 81.5 cm³/mol. The number of hydrogen-bond acceptors (Lipinski definition) is 8. The number of hydrogen-bond donors (Lipinski definition) is 2. The Morgan fingerprint density at radius 3 is 2.75 bits per heavy atom. The Kier molecular flexibility index (Phi) is 6.72. The molecule has 0 aromatic heterocycles. The Bertz CT molecular complexity index is 555. The molecule has 2 bridgehead atoms. The molecule has 0 aromatic rings. The Labute approximate surface area is 141 Å². The first-order valence-electron chi connectivity index (χ1n) is 7.56. The number of amides is 1. The summed E-state index contributed by atoms with van der Waals surface area (Å²) >= 11 is 0. The summed E-state index contributed by atoms with van der Waals surface area (Å²) in [7, 11) is -3.00. The first-order chi connectivity index (χ1) is 11.4. The zero-order chi connectivity index (χ0) is 17.7. The number of esters is 1. The van der Waals surface area contributed by atoms with Crippen LogP contribution in [0.5, 0.6) is 0 Å². The minimum Gasteiger partial charge on any atom is -0.462 e. The molecule has 2 aliphatic rings. The Morgan fingerprint density at radius 2 is 2.08 bits per heavy atom. The van der Waals surface area contributed by atoms with Crippen LogP contribution in [-0.4, -0.2) is 64.5 Å². The molecule has 2 heterocycles. The van der Waals surface area contributed by atoms with Crippen LogP contribution in [-0.2, 0) is 39.0 Å². The first-order valence-corrected chi connectivity index (χ1v) is 8.66. The summed E-state index contributed by atoms with van der Waals surface area (Å²) in [6.07, 6.45) is 0.0297. The lowest BCUT2D eigenvalue weighted by Gasteiger charge is -2.29. The highest BCUT2D eigenvalue weighted by molar-refractivity contribution is 7.67. The third-order valence-corrected chi connectivity index (χ3v) is 4.38. The summed E-state index contributed by atoms with van der Waals surface area (Å²) in [5.41, 5.74) is 0. The average molecular weight is 363 g/mol. The van der Waals surface area contributed by atoms with Gasteiger partial charge in [0.1, 0.15) is 25.4 Å². The summed E-state index contributed by atoms with van der Waals surface area (Å²) in [4.78, 5) is 22.3. The van der Waals surface area contributed by atoms with Gasteiger partial charge >= 0.3 is 5.97 Å². The summed E-state index contributed by atoms with van der Waals surface area (Å²) < 4.78 is 42.8. The van der Waals surface area contributed by atoms with E-state index >= 15 is 0 Å². The fourth-order valence-electron chi connectivity index (χ4n) is 2.94. The molecule has 2 saturated heterocycles. The highest BCUT2D eigenvalue weighted by atomic mass is 32.2. The lowest BCUT2D eigenvalue weighted by molar-refractivity contribution is -0.146. The van der Waals surface area contributed by atoms with E-state index in [0.29, 0.717) is 0 Å². The number of rotatable bonds is 9. The van der Waals surface area contributed by atoms with E-state index in [-0.39, 0.29) is 37.9 Å². The molecular weight excluding hydrogens is 342 g/mol. The van der Waals surface area contributed by atoms with E-state index < -0.39 is 35.1 Å². The van der Waals surface area contributed by atoms with Crippen molar-refractivity contribution >= 4 is 22.9 Å². The Hall–Kier alpha value is -1.49. The van der Waals surface area contributed by atoms with Crippen molar-refractivity contribution in [3.8, 4) is 0 Å². The van der Waals surface area contributed by atoms with E-state index in [1.807, 2.05) is 6.92 Å². The molecular formula is C14H21NO8S. The first kappa shape index (κ1) is 18.8. The second kappa shape index (κ2) is 8.56. The highest BCUT2D eigenvalue weighted by Gasteiger charge is 2.54. The maximum Gasteiger partial charge on any atom is 0.325 e. The normalized spacial score (nSPS) is 31.2. The largest absolute Gasteiger partial charge is 0.462 e.